The summed E-state index contributed by atoms with van der Waals surface area (Å²) < 4.78 is 5.44. The topological polar surface area (TPSA) is 43.4 Å². The lowest BCUT2D eigenvalue weighted by molar-refractivity contribution is -0.157. The second-order valence-electron chi connectivity index (χ2n) is 6.99. The third-order valence-electron chi connectivity index (χ3n) is 2.43. The van der Waals surface area contributed by atoms with E-state index < -0.39 is 5.97 Å². The summed E-state index contributed by atoms with van der Waals surface area (Å²) in [4.78, 5) is 22.4. The largest absolute Gasteiger partial charge is 0.461 e. The van der Waals surface area contributed by atoms with Crippen LogP contribution >= 0.6 is 0 Å². The molecule has 3 nitrogen and oxygen atoms in total. The standard InChI is InChI=1S/C14H26O3/c1-10(15)8-12(16)17-11(14(5,6)7)9-13(2,3)4/h11H,8-9H2,1-7H3. The van der Waals surface area contributed by atoms with Gasteiger partial charge in [0, 0.05) is 0 Å². The van der Waals surface area contributed by atoms with Gasteiger partial charge in [-0.15, -0.1) is 0 Å². The van der Waals surface area contributed by atoms with Crippen LogP contribution in [0.25, 0.3) is 0 Å². The Balaban J connectivity index is 4.62. The van der Waals surface area contributed by atoms with E-state index in [0.717, 1.165) is 6.42 Å². The maximum Gasteiger partial charge on any atom is 0.313 e. The summed E-state index contributed by atoms with van der Waals surface area (Å²) in [5, 5.41) is 0. The summed E-state index contributed by atoms with van der Waals surface area (Å²) in [5.41, 5.74) is -0.0197. The molecular weight excluding hydrogens is 216 g/mol. The Labute approximate surface area is 105 Å². The maximum atomic E-state index is 11.6. The van der Waals surface area contributed by atoms with E-state index in [2.05, 4.69) is 20.8 Å². The quantitative estimate of drug-likeness (QED) is 0.561. The molecule has 3 heteroatoms. The summed E-state index contributed by atoms with van der Waals surface area (Å²) in [5.74, 6) is -0.569. The minimum atomic E-state index is -0.415. The first-order chi connectivity index (χ1) is 7.42. The van der Waals surface area contributed by atoms with Crippen LogP contribution < -0.4 is 0 Å². The van der Waals surface area contributed by atoms with Gasteiger partial charge in [0.05, 0.1) is 0 Å². The van der Waals surface area contributed by atoms with Crippen molar-refractivity contribution in [2.75, 3.05) is 0 Å². The Morgan fingerprint density at radius 2 is 1.53 bits per heavy atom. The van der Waals surface area contributed by atoms with Crippen molar-refractivity contribution in [2.24, 2.45) is 10.8 Å². The average molecular weight is 242 g/mol. The van der Waals surface area contributed by atoms with Crippen LogP contribution in [0.4, 0.5) is 0 Å². The fourth-order valence-electron chi connectivity index (χ4n) is 1.48. The van der Waals surface area contributed by atoms with Gasteiger partial charge < -0.3 is 4.74 Å². The molecule has 1 atom stereocenters. The smallest absolute Gasteiger partial charge is 0.313 e. The number of rotatable bonds is 4. The van der Waals surface area contributed by atoms with Crippen molar-refractivity contribution in [3.8, 4) is 0 Å². The van der Waals surface area contributed by atoms with Crippen LogP contribution in [0.5, 0.6) is 0 Å². The monoisotopic (exact) mass is 242 g/mol. The van der Waals surface area contributed by atoms with Crippen LogP contribution in [0.1, 0.15) is 61.3 Å². The van der Waals surface area contributed by atoms with Crippen molar-refractivity contribution in [2.45, 2.75) is 67.4 Å². The first-order valence-electron chi connectivity index (χ1n) is 6.11. The van der Waals surface area contributed by atoms with E-state index in [4.69, 9.17) is 4.74 Å². The molecule has 0 aromatic rings. The summed E-state index contributed by atoms with van der Waals surface area (Å²) in [6, 6.07) is 0. The average Bonchev–Trinajstić information content (AvgIpc) is 1.96. The van der Waals surface area contributed by atoms with Gasteiger partial charge in [-0.1, -0.05) is 41.5 Å². The highest BCUT2D eigenvalue weighted by Gasteiger charge is 2.32. The Morgan fingerprint density at radius 1 is 1.06 bits per heavy atom. The third-order valence-corrected chi connectivity index (χ3v) is 2.43. The molecule has 0 saturated carbocycles. The predicted octanol–water partition coefficient (Wildman–Crippen LogP) is 3.36. The van der Waals surface area contributed by atoms with E-state index in [1.165, 1.54) is 6.92 Å². The van der Waals surface area contributed by atoms with Crippen LogP contribution in [-0.4, -0.2) is 17.9 Å². The molecule has 0 aliphatic carbocycles. The first kappa shape index (κ1) is 16.1. The van der Waals surface area contributed by atoms with Gasteiger partial charge in [-0.05, 0) is 24.2 Å². The van der Waals surface area contributed by atoms with Crippen LogP contribution in [0.3, 0.4) is 0 Å². The van der Waals surface area contributed by atoms with Crippen molar-refractivity contribution in [1.82, 2.24) is 0 Å². The van der Waals surface area contributed by atoms with E-state index in [0.29, 0.717) is 0 Å². The molecule has 0 aromatic carbocycles. The van der Waals surface area contributed by atoms with Gasteiger partial charge in [0.15, 0.2) is 0 Å². The molecule has 0 radical (unpaired) electrons. The van der Waals surface area contributed by atoms with Gasteiger partial charge in [0.25, 0.3) is 0 Å². The molecule has 0 amide bonds. The first-order valence-corrected chi connectivity index (χ1v) is 6.11. The molecule has 100 valence electrons. The number of hydrogen-bond acceptors (Lipinski definition) is 3. The minimum absolute atomic E-state index is 0.0917. The molecule has 0 aromatic heterocycles. The SMILES string of the molecule is CC(=O)CC(=O)OC(CC(C)(C)C)C(C)(C)C. The third kappa shape index (κ3) is 7.94. The number of esters is 1. The molecule has 0 fully saturated rings. The second-order valence-corrected chi connectivity index (χ2v) is 6.99. The molecule has 0 spiro atoms. The van der Waals surface area contributed by atoms with E-state index in [1.807, 2.05) is 20.8 Å². The van der Waals surface area contributed by atoms with Crippen molar-refractivity contribution in [3.63, 3.8) is 0 Å². The summed E-state index contributed by atoms with van der Waals surface area (Å²) in [6.45, 7) is 13.9. The molecule has 0 heterocycles. The molecule has 0 rings (SSSR count). The lowest BCUT2D eigenvalue weighted by Crippen LogP contribution is -2.35. The molecule has 0 N–H and O–H groups in total. The van der Waals surface area contributed by atoms with Crippen LogP contribution in [-0.2, 0) is 14.3 Å². The number of hydrogen-bond donors (Lipinski definition) is 0. The number of Topliss-reactive ketones (excluding diaryl/α,β-unsaturated/α-hetero) is 1. The molecule has 0 saturated heterocycles. The zero-order valence-electron chi connectivity index (χ0n) is 12.2. The highest BCUT2D eigenvalue weighted by atomic mass is 16.5. The van der Waals surface area contributed by atoms with Crippen molar-refractivity contribution >= 4 is 11.8 Å². The molecule has 17 heavy (non-hydrogen) atoms. The minimum Gasteiger partial charge on any atom is -0.461 e. The molecule has 0 aliphatic rings. The Hall–Kier alpha value is -0.860. The van der Waals surface area contributed by atoms with Crippen molar-refractivity contribution in [3.05, 3.63) is 0 Å². The van der Waals surface area contributed by atoms with Gasteiger partial charge in [-0.3, -0.25) is 9.59 Å². The van der Waals surface area contributed by atoms with E-state index >= 15 is 0 Å². The molecule has 0 bridgehead atoms. The van der Waals surface area contributed by atoms with Gasteiger partial charge in [-0.2, -0.15) is 0 Å². The summed E-state index contributed by atoms with van der Waals surface area (Å²) >= 11 is 0. The number of carbonyl (C=O) groups is 2. The Kier molecular flexibility index (Phi) is 5.37. The van der Waals surface area contributed by atoms with Gasteiger partial charge >= 0.3 is 5.97 Å². The Bertz CT molecular complexity index is 279. The highest BCUT2D eigenvalue weighted by Crippen LogP contribution is 2.32. The van der Waals surface area contributed by atoms with E-state index in [9.17, 15) is 9.59 Å². The predicted molar refractivity (Wildman–Crippen MR) is 68.7 cm³/mol. The van der Waals surface area contributed by atoms with Crippen LogP contribution in [0.2, 0.25) is 0 Å². The molecule has 0 aliphatic heterocycles. The van der Waals surface area contributed by atoms with Crippen molar-refractivity contribution < 1.29 is 14.3 Å². The fourth-order valence-corrected chi connectivity index (χ4v) is 1.48. The second kappa shape index (κ2) is 5.65. The number of carbonyl (C=O) groups excluding carboxylic acids is 2. The maximum absolute atomic E-state index is 11.6. The zero-order valence-corrected chi connectivity index (χ0v) is 12.2. The van der Waals surface area contributed by atoms with E-state index in [1.54, 1.807) is 0 Å². The lowest BCUT2D eigenvalue weighted by Gasteiger charge is -2.34. The van der Waals surface area contributed by atoms with Crippen LogP contribution in [0, 0.1) is 10.8 Å². The van der Waals surface area contributed by atoms with Gasteiger partial charge in [-0.25, -0.2) is 0 Å². The molecular formula is C14H26O3. The molecule has 1 unspecified atom stereocenters. The van der Waals surface area contributed by atoms with Gasteiger partial charge in [0.2, 0.25) is 0 Å². The Morgan fingerprint density at radius 3 is 1.82 bits per heavy atom. The van der Waals surface area contributed by atoms with Crippen molar-refractivity contribution in [1.29, 1.82) is 0 Å². The zero-order chi connectivity index (χ0) is 13.9. The fraction of sp³-hybridized carbons (Fsp3) is 0.857. The van der Waals surface area contributed by atoms with Crippen LogP contribution in [0.15, 0.2) is 0 Å². The normalized spacial score (nSPS) is 14.3. The summed E-state index contributed by atoms with van der Waals surface area (Å²) in [7, 11) is 0. The number of ether oxygens (including phenoxy) is 1. The van der Waals surface area contributed by atoms with Gasteiger partial charge in [0.1, 0.15) is 18.3 Å². The van der Waals surface area contributed by atoms with E-state index in [-0.39, 0.29) is 29.1 Å². The lowest BCUT2D eigenvalue weighted by atomic mass is 9.78. The highest BCUT2D eigenvalue weighted by molar-refractivity contribution is 5.94. The summed E-state index contributed by atoms with van der Waals surface area (Å²) in [6.07, 6.45) is 0.506. The number of ketones is 1.